The van der Waals surface area contributed by atoms with Crippen LogP contribution < -0.4 is 5.32 Å². The summed E-state index contributed by atoms with van der Waals surface area (Å²) in [4.78, 5) is 13.4. The number of aromatic amines is 1. The summed E-state index contributed by atoms with van der Waals surface area (Å²) in [6, 6.07) is 7.47. The number of carbonyl (C=O) groups excluding carboxylic acids is 1. The molecule has 3 aromatic rings. The molecular formula is C16H19N5O2S. The predicted molar refractivity (Wildman–Crippen MR) is 93.2 cm³/mol. The molecule has 3 aromatic heterocycles. The van der Waals surface area contributed by atoms with Gasteiger partial charge in [-0.1, -0.05) is 19.4 Å². The van der Waals surface area contributed by atoms with Crippen LogP contribution in [0.1, 0.15) is 29.5 Å². The molecule has 8 heteroatoms. The Morgan fingerprint density at radius 2 is 2.33 bits per heavy atom. The first-order chi connectivity index (χ1) is 11.7. The van der Waals surface area contributed by atoms with Crippen molar-refractivity contribution >= 4 is 23.1 Å². The number of hydrogen-bond donors (Lipinski definition) is 3. The monoisotopic (exact) mass is 345 g/mol. The molecule has 3 rings (SSSR count). The Morgan fingerprint density at radius 1 is 1.46 bits per heavy atom. The van der Waals surface area contributed by atoms with Crippen LogP contribution in [0.2, 0.25) is 0 Å². The summed E-state index contributed by atoms with van der Waals surface area (Å²) in [5.74, 6) is 0.239. The second kappa shape index (κ2) is 7.41. The fourth-order valence-corrected chi connectivity index (χ4v) is 3.06. The lowest BCUT2D eigenvalue weighted by molar-refractivity contribution is 0.102. The molecule has 0 saturated heterocycles. The fraction of sp³-hybridized carbons (Fsp3) is 0.312. The van der Waals surface area contributed by atoms with Crippen LogP contribution in [0.25, 0.3) is 10.6 Å². The smallest absolute Gasteiger partial charge is 0.277 e. The number of aliphatic hydroxyl groups excluding tert-OH is 1. The van der Waals surface area contributed by atoms with Crippen molar-refractivity contribution in [3.63, 3.8) is 0 Å². The highest BCUT2D eigenvalue weighted by Gasteiger charge is 2.15. The molecule has 0 unspecified atom stereocenters. The van der Waals surface area contributed by atoms with Crippen LogP contribution in [-0.4, -0.2) is 37.6 Å². The van der Waals surface area contributed by atoms with E-state index in [0.29, 0.717) is 18.1 Å². The van der Waals surface area contributed by atoms with Gasteiger partial charge >= 0.3 is 0 Å². The van der Waals surface area contributed by atoms with Crippen molar-refractivity contribution in [2.45, 2.75) is 26.3 Å². The van der Waals surface area contributed by atoms with E-state index in [0.717, 1.165) is 29.1 Å². The lowest BCUT2D eigenvalue weighted by Gasteiger charge is -2.05. The second-order valence-electron chi connectivity index (χ2n) is 5.32. The number of thiophene rings is 1. The molecule has 7 nitrogen and oxygen atoms in total. The lowest BCUT2D eigenvalue weighted by Crippen LogP contribution is -2.17. The van der Waals surface area contributed by atoms with E-state index in [1.165, 1.54) is 0 Å². The van der Waals surface area contributed by atoms with Crippen molar-refractivity contribution in [3.8, 4) is 10.6 Å². The maximum atomic E-state index is 12.4. The minimum atomic E-state index is -0.301. The molecule has 3 N–H and O–H groups in total. The zero-order valence-electron chi connectivity index (χ0n) is 13.3. The Hall–Kier alpha value is -2.45. The van der Waals surface area contributed by atoms with Crippen molar-refractivity contribution in [2.24, 2.45) is 0 Å². The summed E-state index contributed by atoms with van der Waals surface area (Å²) in [5.41, 5.74) is 2.04. The molecule has 0 aromatic carbocycles. The normalized spacial score (nSPS) is 10.9. The van der Waals surface area contributed by atoms with Crippen molar-refractivity contribution in [1.29, 1.82) is 0 Å². The number of amides is 1. The van der Waals surface area contributed by atoms with Crippen LogP contribution in [0, 0.1) is 0 Å². The number of rotatable bonds is 7. The number of anilines is 1. The summed E-state index contributed by atoms with van der Waals surface area (Å²) >= 11 is 1.57. The van der Waals surface area contributed by atoms with Gasteiger partial charge in [0.2, 0.25) is 0 Å². The van der Waals surface area contributed by atoms with Gasteiger partial charge in [0.15, 0.2) is 5.69 Å². The summed E-state index contributed by atoms with van der Waals surface area (Å²) in [6.07, 6.45) is 1.84. The molecule has 0 fully saturated rings. The molecule has 0 aliphatic rings. The lowest BCUT2D eigenvalue weighted by atomic mass is 10.2. The number of nitrogens with one attached hydrogen (secondary N) is 2. The molecule has 0 spiro atoms. The third-order valence-electron chi connectivity index (χ3n) is 3.49. The van der Waals surface area contributed by atoms with Crippen LogP contribution in [0.4, 0.5) is 5.82 Å². The fourth-order valence-electron chi connectivity index (χ4n) is 2.38. The van der Waals surface area contributed by atoms with E-state index >= 15 is 0 Å². The largest absolute Gasteiger partial charge is 0.394 e. The summed E-state index contributed by atoms with van der Waals surface area (Å²) in [5, 5.41) is 25.4. The molecule has 0 atom stereocenters. The Bertz CT molecular complexity index is 806. The molecule has 24 heavy (non-hydrogen) atoms. The van der Waals surface area contributed by atoms with Crippen LogP contribution in [0.3, 0.4) is 0 Å². The highest BCUT2D eigenvalue weighted by molar-refractivity contribution is 7.13. The van der Waals surface area contributed by atoms with Crippen molar-refractivity contribution in [1.82, 2.24) is 20.0 Å². The van der Waals surface area contributed by atoms with E-state index in [1.54, 1.807) is 28.2 Å². The molecular weight excluding hydrogens is 326 g/mol. The molecule has 0 aliphatic heterocycles. The van der Waals surface area contributed by atoms with E-state index in [-0.39, 0.29) is 12.5 Å². The number of hydrogen-bond acceptors (Lipinski definition) is 5. The molecule has 0 saturated carbocycles. The summed E-state index contributed by atoms with van der Waals surface area (Å²) in [7, 11) is 0. The highest BCUT2D eigenvalue weighted by Crippen LogP contribution is 2.26. The number of aliphatic hydroxyl groups is 1. The maximum Gasteiger partial charge on any atom is 0.277 e. The highest BCUT2D eigenvalue weighted by atomic mass is 32.1. The molecule has 3 heterocycles. The van der Waals surface area contributed by atoms with Gasteiger partial charge in [-0.2, -0.15) is 10.2 Å². The summed E-state index contributed by atoms with van der Waals surface area (Å²) in [6.45, 7) is 2.32. The average molecular weight is 345 g/mol. The van der Waals surface area contributed by atoms with E-state index < -0.39 is 0 Å². The predicted octanol–water partition coefficient (Wildman–Crippen LogP) is 2.53. The van der Waals surface area contributed by atoms with Gasteiger partial charge in [-0.05, 0) is 23.9 Å². The zero-order chi connectivity index (χ0) is 16.9. The zero-order valence-corrected chi connectivity index (χ0v) is 14.1. The number of H-pyrrole nitrogens is 1. The SMILES string of the molecule is CCCc1cc(C(=O)Nc2cc(-c3cccs3)nn2CCO)n[nH]1. The molecule has 0 bridgehead atoms. The van der Waals surface area contributed by atoms with Crippen molar-refractivity contribution in [3.05, 3.63) is 41.0 Å². The maximum absolute atomic E-state index is 12.4. The first-order valence-electron chi connectivity index (χ1n) is 7.79. The first-order valence-corrected chi connectivity index (χ1v) is 8.67. The minimum Gasteiger partial charge on any atom is -0.394 e. The number of nitrogens with zero attached hydrogens (tertiary/aromatic N) is 3. The number of carbonyl (C=O) groups is 1. The standard InChI is InChI=1S/C16H19N5O2S/c1-2-4-11-9-13(19-18-11)16(23)17-15-10-12(14-5-3-8-24-14)20-21(15)6-7-22/h3,5,8-10,22H,2,4,6-7H2,1H3,(H,17,23)(H,18,19). The Balaban J connectivity index is 1.81. The van der Waals surface area contributed by atoms with Gasteiger partial charge in [0.25, 0.3) is 5.91 Å². The van der Waals surface area contributed by atoms with Gasteiger partial charge in [0.1, 0.15) is 11.5 Å². The average Bonchev–Trinajstić information content (AvgIpc) is 3.28. The topological polar surface area (TPSA) is 95.8 Å². The van der Waals surface area contributed by atoms with Gasteiger partial charge in [-0.15, -0.1) is 11.3 Å². The van der Waals surface area contributed by atoms with Crippen molar-refractivity contribution < 1.29 is 9.90 Å². The van der Waals surface area contributed by atoms with E-state index in [1.807, 2.05) is 17.5 Å². The minimum absolute atomic E-state index is 0.0581. The summed E-state index contributed by atoms with van der Waals surface area (Å²) < 4.78 is 1.59. The Labute approximate surface area is 143 Å². The molecule has 126 valence electrons. The van der Waals surface area contributed by atoms with E-state index in [2.05, 4.69) is 27.5 Å². The molecule has 1 amide bonds. The van der Waals surface area contributed by atoms with Gasteiger partial charge in [-0.25, -0.2) is 4.68 Å². The van der Waals surface area contributed by atoms with E-state index in [9.17, 15) is 9.90 Å². The van der Waals surface area contributed by atoms with Crippen LogP contribution in [-0.2, 0) is 13.0 Å². The van der Waals surface area contributed by atoms with Crippen LogP contribution in [0.5, 0.6) is 0 Å². The van der Waals surface area contributed by atoms with Crippen LogP contribution in [0.15, 0.2) is 29.6 Å². The van der Waals surface area contributed by atoms with Gasteiger partial charge in [0, 0.05) is 11.8 Å². The molecule has 0 radical (unpaired) electrons. The van der Waals surface area contributed by atoms with Gasteiger partial charge < -0.3 is 10.4 Å². The number of aromatic nitrogens is 4. The quantitative estimate of drug-likeness (QED) is 0.613. The van der Waals surface area contributed by atoms with Crippen LogP contribution >= 0.6 is 11.3 Å². The third-order valence-corrected chi connectivity index (χ3v) is 4.38. The van der Waals surface area contributed by atoms with Gasteiger partial charge in [0.05, 0.1) is 18.0 Å². The number of aryl methyl sites for hydroxylation is 1. The third kappa shape index (κ3) is 3.55. The second-order valence-corrected chi connectivity index (χ2v) is 6.27. The van der Waals surface area contributed by atoms with Gasteiger partial charge in [-0.3, -0.25) is 9.89 Å². The first kappa shape index (κ1) is 16.4. The van der Waals surface area contributed by atoms with E-state index in [4.69, 9.17) is 0 Å². The Morgan fingerprint density at radius 3 is 3.04 bits per heavy atom. The van der Waals surface area contributed by atoms with Crippen molar-refractivity contribution in [2.75, 3.05) is 11.9 Å². The Kier molecular flexibility index (Phi) is 5.07. The molecule has 0 aliphatic carbocycles.